The van der Waals surface area contributed by atoms with Gasteiger partial charge < -0.3 is 9.67 Å². The lowest BCUT2D eigenvalue weighted by molar-refractivity contribution is 0.279. The first-order chi connectivity index (χ1) is 6.74. The summed E-state index contributed by atoms with van der Waals surface area (Å²) < 4.78 is 1.69. The van der Waals surface area contributed by atoms with Crippen LogP contribution in [-0.2, 0) is 26.5 Å². The molecule has 0 aromatic carbocycles. The molecule has 3 heteroatoms. The fourth-order valence-electron chi connectivity index (χ4n) is 2.17. The van der Waals surface area contributed by atoms with E-state index in [4.69, 9.17) is 5.11 Å². The highest BCUT2D eigenvalue weighted by Crippen LogP contribution is 2.19. The molecule has 76 valence electrons. The third-order valence-electron chi connectivity index (χ3n) is 2.98. The Balaban J connectivity index is 2.63. The molecule has 1 aliphatic rings. The minimum Gasteiger partial charge on any atom is -0.391 e. The Labute approximate surface area is 83.0 Å². The van der Waals surface area contributed by atoms with E-state index in [1.54, 1.807) is 11.6 Å². The average molecular weight is 193 g/mol. The summed E-state index contributed by atoms with van der Waals surface area (Å²) in [5, 5.41) is 9.03. The van der Waals surface area contributed by atoms with Crippen molar-refractivity contribution in [2.45, 2.75) is 32.3 Å². The maximum Gasteiger partial charge on any atom is 0.256 e. The lowest BCUT2D eigenvalue weighted by atomic mass is 9.94. The Kier molecular flexibility index (Phi) is 2.42. The number of fused-ring (bicyclic) bond motifs is 1. The minimum atomic E-state index is -0.153. The van der Waals surface area contributed by atoms with Crippen molar-refractivity contribution in [3.63, 3.8) is 0 Å². The van der Waals surface area contributed by atoms with Crippen molar-refractivity contribution in [2.75, 3.05) is 0 Å². The SMILES string of the molecule is Cn1c2c(cc(CO)c1=O)CCCC2. The Morgan fingerprint density at radius 3 is 2.86 bits per heavy atom. The van der Waals surface area contributed by atoms with Gasteiger partial charge in [0.15, 0.2) is 0 Å². The molecule has 1 aliphatic carbocycles. The molecule has 1 heterocycles. The van der Waals surface area contributed by atoms with Crippen LogP contribution in [0.15, 0.2) is 10.9 Å². The topological polar surface area (TPSA) is 42.2 Å². The number of aliphatic hydroxyl groups is 1. The molecule has 0 saturated heterocycles. The first-order valence-corrected chi connectivity index (χ1v) is 5.05. The molecule has 0 atom stereocenters. The van der Waals surface area contributed by atoms with Crippen LogP contribution >= 0.6 is 0 Å². The zero-order valence-electron chi connectivity index (χ0n) is 8.42. The van der Waals surface area contributed by atoms with Gasteiger partial charge in [-0.25, -0.2) is 0 Å². The van der Waals surface area contributed by atoms with E-state index in [2.05, 4.69) is 0 Å². The van der Waals surface area contributed by atoms with Crippen molar-refractivity contribution in [2.24, 2.45) is 7.05 Å². The Morgan fingerprint density at radius 1 is 1.43 bits per heavy atom. The number of rotatable bonds is 1. The zero-order valence-corrected chi connectivity index (χ0v) is 8.42. The number of aromatic nitrogens is 1. The van der Waals surface area contributed by atoms with Crippen LogP contribution in [0, 0.1) is 0 Å². The Bertz CT molecular complexity index is 406. The van der Waals surface area contributed by atoms with Gasteiger partial charge >= 0.3 is 0 Å². The van der Waals surface area contributed by atoms with Gasteiger partial charge in [0.2, 0.25) is 0 Å². The molecule has 1 aromatic heterocycles. The third kappa shape index (κ3) is 1.38. The normalized spacial score (nSPS) is 15.3. The van der Waals surface area contributed by atoms with Crippen LogP contribution in [0.5, 0.6) is 0 Å². The number of aliphatic hydroxyl groups excluding tert-OH is 1. The van der Waals surface area contributed by atoms with Gasteiger partial charge in [-0.05, 0) is 37.3 Å². The van der Waals surface area contributed by atoms with Crippen LogP contribution in [-0.4, -0.2) is 9.67 Å². The maximum absolute atomic E-state index is 11.7. The maximum atomic E-state index is 11.7. The van der Waals surface area contributed by atoms with Gasteiger partial charge in [-0.2, -0.15) is 0 Å². The lowest BCUT2D eigenvalue weighted by Crippen LogP contribution is -2.27. The Morgan fingerprint density at radius 2 is 2.14 bits per heavy atom. The molecule has 0 amide bonds. The zero-order chi connectivity index (χ0) is 10.1. The van der Waals surface area contributed by atoms with Crippen molar-refractivity contribution in [3.05, 3.63) is 33.2 Å². The van der Waals surface area contributed by atoms with E-state index in [0.29, 0.717) is 5.56 Å². The van der Waals surface area contributed by atoms with Crippen molar-refractivity contribution < 1.29 is 5.11 Å². The van der Waals surface area contributed by atoms with Gasteiger partial charge in [0.25, 0.3) is 5.56 Å². The van der Waals surface area contributed by atoms with Gasteiger partial charge in [0.1, 0.15) is 0 Å². The lowest BCUT2D eigenvalue weighted by Gasteiger charge is -2.19. The Hall–Kier alpha value is -1.09. The summed E-state index contributed by atoms with van der Waals surface area (Å²) in [7, 11) is 1.80. The van der Waals surface area contributed by atoms with Crippen LogP contribution in [0.4, 0.5) is 0 Å². The van der Waals surface area contributed by atoms with Crippen molar-refractivity contribution in [3.8, 4) is 0 Å². The van der Waals surface area contributed by atoms with Crippen molar-refractivity contribution >= 4 is 0 Å². The molecule has 0 bridgehead atoms. The van der Waals surface area contributed by atoms with E-state index in [9.17, 15) is 4.79 Å². The van der Waals surface area contributed by atoms with Crippen LogP contribution in [0.1, 0.15) is 29.7 Å². The van der Waals surface area contributed by atoms with Gasteiger partial charge in [0, 0.05) is 18.3 Å². The predicted molar refractivity (Wildman–Crippen MR) is 54.2 cm³/mol. The van der Waals surface area contributed by atoms with Crippen LogP contribution < -0.4 is 5.56 Å². The average Bonchev–Trinajstić information content (AvgIpc) is 2.23. The molecule has 1 N–H and O–H groups in total. The second kappa shape index (κ2) is 3.58. The van der Waals surface area contributed by atoms with Gasteiger partial charge in [0.05, 0.1) is 6.61 Å². The summed E-state index contributed by atoms with van der Waals surface area (Å²) in [6.45, 7) is -0.153. The van der Waals surface area contributed by atoms with E-state index >= 15 is 0 Å². The standard InChI is InChI=1S/C11H15NO2/c1-12-10-5-3-2-4-8(10)6-9(7-13)11(12)14/h6,13H,2-5,7H2,1H3. The van der Waals surface area contributed by atoms with E-state index in [1.807, 2.05) is 6.07 Å². The van der Waals surface area contributed by atoms with Crippen LogP contribution in [0.25, 0.3) is 0 Å². The van der Waals surface area contributed by atoms with Gasteiger partial charge in [-0.1, -0.05) is 0 Å². The molecule has 0 unspecified atom stereocenters. The minimum absolute atomic E-state index is 0.0480. The van der Waals surface area contributed by atoms with Crippen LogP contribution in [0.3, 0.4) is 0 Å². The fraction of sp³-hybridized carbons (Fsp3) is 0.545. The predicted octanol–water partition coefficient (Wildman–Crippen LogP) is 0.756. The summed E-state index contributed by atoms with van der Waals surface area (Å²) in [5.41, 5.74) is 2.86. The van der Waals surface area contributed by atoms with E-state index in [1.165, 1.54) is 18.4 Å². The number of pyridine rings is 1. The highest BCUT2D eigenvalue weighted by Gasteiger charge is 2.14. The second-order valence-corrected chi connectivity index (χ2v) is 3.87. The second-order valence-electron chi connectivity index (χ2n) is 3.87. The number of hydrogen-bond donors (Lipinski definition) is 1. The molecule has 0 aliphatic heterocycles. The summed E-state index contributed by atoms with van der Waals surface area (Å²) in [4.78, 5) is 11.7. The molecular formula is C11H15NO2. The smallest absolute Gasteiger partial charge is 0.256 e. The van der Waals surface area contributed by atoms with E-state index in [0.717, 1.165) is 18.5 Å². The van der Waals surface area contributed by atoms with E-state index < -0.39 is 0 Å². The molecule has 0 spiro atoms. The highest BCUT2D eigenvalue weighted by molar-refractivity contribution is 5.28. The van der Waals surface area contributed by atoms with Gasteiger partial charge in [-0.3, -0.25) is 4.79 Å². The van der Waals surface area contributed by atoms with E-state index in [-0.39, 0.29) is 12.2 Å². The number of nitrogens with zero attached hydrogens (tertiary/aromatic N) is 1. The van der Waals surface area contributed by atoms with Gasteiger partial charge in [-0.15, -0.1) is 0 Å². The molecule has 3 nitrogen and oxygen atoms in total. The summed E-state index contributed by atoms with van der Waals surface area (Å²) >= 11 is 0. The fourth-order valence-corrected chi connectivity index (χ4v) is 2.17. The molecule has 0 fully saturated rings. The van der Waals surface area contributed by atoms with Crippen molar-refractivity contribution in [1.29, 1.82) is 0 Å². The molecule has 1 aromatic rings. The quantitative estimate of drug-likeness (QED) is 0.715. The molecule has 2 rings (SSSR count). The van der Waals surface area contributed by atoms with Crippen molar-refractivity contribution in [1.82, 2.24) is 4.57 Å². The summed E-state index contributed by atoms with van der Waals surface area (Å²) in [5.74, 6) is 0. The summed E-state index contributed by atoms with van der Waals surface area (Å²) in [6, 6.07) is 1.87. The molecule has 0 radical (unpaired) electrons. The molecule has 14 heavy (non-hydrogen) atoms. The monoisotopic (exact) mass is 193 g/mol. The number of hydrogen-bond acceptors (Lipinski definition) is 2. The molecular weight excluding hydrogens is 178 g/mol. The summed E-state index contributed by atoms with van der Waals surface area (Å²) in [6.07, 6.45) is 4.39. The largest absolute Gasteiger partial charge is 0.391 e. The third-order valence-corrected chi connectivity index (χ3v) is 2.98. The molecule has 0 saturated carbocycles. The first-order valence-electron chi connectivity index (χ1n) is 5.05. The first kappa shape index (κ1) is 9.46. The number of aryl methyl sites for hydroxylation is 1. The highest BCUT2D eigenvalue weighted by atomic mass is 16.3. The van der Waals surface area contributed by atoms with Crippen LogP contribution in [0.2, 0.25) is 0 Å².